The van der Waals surface area contributed by atoms with Crippen LogP contribution in [-0.2, 0) is 9.53 Å². The average molecular weight is 330 g/mol. The van der Waals surface area contributed by atoms with Gasteiger partial charge in [-0.25, -0.2) is 0 Å². The lowest BCUT2D eigenvalue weighted by molar-refractivity contribution is -0.127. The van der Waals surface area contributed by atoms with Crippen molar-refractivity contribution in [3.8, 4) is 0 Å². The Morgan fingerprint density at radius 2 is 2.04 bits per heavy atom. The molecule has 5 rings (SSSR count). The van der Waals surface area contributed by atoms with Crippen molar-refractivity contribution in [2.24, 2.45) is 34.5 Å². The Morgan fingerprint density at radius 3 is 2.83 bits per heavy atom. The Kier molecular flexibility index (Phi) is 3.21. The zero-order valence-electron chi connectivity index (χ0n) is 15.0. The molecule has 0 aromatic carbocycles. The predicted octanol–water partition coefficient (Wildman–Crippen LogP) is 3.50. The number of rotatable bonds is 1. The lowest BCUT2D eigenvalue weighted by atomic mass is 9.46. The second kappa shape index (κ2) is 4.94. The van der Waals surface area contributed by atoms with Crippen LogP contribution in [0, 0.1) is 34.5 Å². The maximum Gasteiger partial charge on any atom is 0.133 e. The third-order valence-electron chi connectivity index (χ3n) is 8.85. The van der Waals surface area contributed by atoms with Crippen molar-refractivity contribution in [1.82, 2.24) is 0 Å². The molecule has 5 aliphatic rings. The van der Waals surface area contributed by atoms with E-state index in [9.17, 15) is 9.90 Å². The van der Waals surface area contributed by atoms with Gasteiger partial charge >= 0.3 is 0 Å². The molecular formula is C21H30O3. The molecule has 3 heteroatoms. The highest BCUT2D eigenvalue weighted by molar-refractivity contribution is 5.79. The molecule has 1 N–H and O–H groups in total. The van der Waals surface area contributed by atoms with Crippen LogP contribution in [0.3, 0.4) is 0 Å². The number of aliphatic hydroxyl groups is 1. The molecule has 0 unspecified atom stereocenters. The summed E-state index contributed by atoms with van der Waals surface area (Å²) >= 11 is 0. The SMILES string of the molecule is CC(=O)[C@H]1CC[C@H]2[C@@H]3C[C@@H]4OC[C@@]5(CC[C@@H](O)C=C45)[C@H]3CC[C@]12C. The molecule has 8 atom stereocenters. The van der Waals surface area contributed by atoms with Gasteiger partial charge in [-0.3, -0.25) is 4.79 Å². The fraction of sp³-hybridized carbons (Fsp3) is 0.857. The van der Waals surface area contributed by atoms with Gasteiger partial charge in [0.05, 0.1) is 18.8 Å². The Bertz CT molecular complexity index is 610. The number of hydrogen-bond donors (Lipinski definition) is 1. The molecule has 0 aromatic heterocycles. The van der Waals surface area contributed by atoms with Crippen molar-refractivity contribution in [2.75, 3.05) is 6.61 Å². The van der Waals surface area contributed by atoms with Crippen LogP contribution in [0.15, 0.2) is 11.6 Å². The van der Waals surface area contributed by atoms with Crippen molar-refractivity contribution >= 4 is 5.78 Å². The van der Waals surface area contributed by atoms with Crippen LogP contribution < -0.4 is 0 Å². The Hall–Kier alpha value is -0.670. The third kappa shape index (κ3) is 1.78. The average Bonchev–Trinajstić information content (AvgIpc) is 3.02. The molecule has 4 fully saturated rings. The zero-order valence-corrected chi connectivity index (χ0v) is 15.0. The van der Waals surface area contributed by atoms with Crippen LogP contribution >= 0.6 is 0 Å². The second-order valence-electron chi connectivity index (χ2n) is 9.58. The fourth-order valence-electron chi connectivity index (χ4n) is 7.85. The van der Waals surface area contributed by atoms with Gasteiger partial charge in [0.2, 0.25) is 0 Å². The number of hydrogen-bond acceptors (Lipinski definition) is 3. The monoisotopic (exact) mass is 330 g/mol. The standard InChI is InChI=1S/C21H30O3/c1-12(22)15-3-4-16-14-10-19-18-9-13(23)5-8-21(18,11-24-19)17(14)6-7-20(15,16)2/h9,13-17,19,23H,3-8,10-11H2,1-2H3/t13-,14+,15-,16+,17+,19+,20-,21+/m1/s1. The summed E-state index contributed by atoms with van der Waals surface area (Å²) in [5.41, 5.74) is 1.87. The number of aliphatic hydroxyl groups excluding tert-OH is 1. The van der Waals surface area contributed by atoms with Crippen LogP contribution in [0.4, 0.5) is 0 Å². The van der Waals surface area contributed by atoms with Crippen LogP contribution in [0.2, 0.25) is 0 Å². The summed E-state index contributed by atoms with van der Waals surface area (Å²) in [6.45, 7) is 5.08. The molecule has 132 valence electrons. The van der Waals surface area contributed by atoms with Crippen LogP contribution in [0.5, 0.6) is 0 Å². The summed E-state index contributed by atoms with van der Waals surface area (Å²) in [5, 5.41) is 10.1. The van der Waals surface area contributed by atoms with E-state index >= 15 is 0 Å². The lowest BCUT2D eigenvalue weighted by Gasteiger charge is -2.57. The van der Waals surface area contributed by atoms with E-state index in [1.54, 1.807) is 6.92 Å². The summed E-state index contributed by atoms with van der Waals surface area (Å²) in [6, 6.07) is 0. The van der Waals surface area contributed by atoms with Crippen molar-refractivity contribution < 1.29 is 14.6 Å². The van der Waals surface area contributed by atoms with Crippen molar-refractivity contribution in [1.29, 1.82) is 0 Å². The maximum absolute atomic E-state index is 12.2. The van der Waals surface area contributed by atoms with E-state index in [0.29, 0.717) is 23.5 Å². The number of carbonyl (C=O) groups is 1. The number of carbonyl (C=O) groups excluding carboxylic acids is 1. The Labute approximate surface area is 144 Å². The topological polar surface area (TPSA) is 46.5 Å². The first-order chi connectivity index (χ1) is 11.5. The van der Waals surface area contributed by atoms with E-state index in [-0.39, 0.29) is 29.0 Å². The first-order valence-electron chi connectivity index (χ1n) is 9.98. The number of Topliss-reactive ketones (excluding diaryl/α,β-unsaturated/α-hetero) is 1. The summed E-state index contributed by atoms with van der Waals surface area (Å²) in [7, 11) is 0. The van der Waals surface area contributed by atoms with Gasteiger partial charge in [0, 0.05) is 11.3 Å². The zero-order chi connectivity index (χ0) is 16.7. The summed E-state index contributed by atoms with van der Waals surface area (Å²) < 4.78 is 6.26. The van der Waals surface area contributed by atoms with Gasteiger partial charge in [-0.2, -0.15) is 0 Å². The van der Waals surface area contributed by atoms with Gasteiger partial charge in [0.1, 0.15) is 5.78 Å². The third-order valence-corrected chi connectivity index (χ3v) is 8.85. The molecule has 1 aliphatic heterocycles. The first-order valence-corrected chi connectivity index (χ1v) is 9.98. The van der Waals surface area contributed by atoms with E-state index < -0.39 is 0 Å². The van der Waals surface area contributed by atoms with Gasteiger partial charge in [0.25, 0.3) is 0 Å². The summed E-state index contributed by atoms with van der Waals surface area (Å²) in [4.78, 5) is 12.2. The largest absolute Gasteiger partial charge is 0.389 e. The highest BCUT2D eigenvalue weighted by atomic mass is 16.5. The normalized spacial score (nSPS) is 55.4. The number of ketones is 1. The van der Waals surface area contributed by atoms with Gasteiger partial charge < -0.3 is 9.84 Å². The smallest absolute Gasteiger partial charge is 0.133 e. The molecule has 24 heavy (non-hydrogen) atoms. The molecule has 0 aromatic rings. The molecular weight excluding hydrogens is 300 g/mol. The molecule has 0 amide bonds. The molecule has 4 aliphatic carbocycles. The van der Waals surface area contributed by atoms with E-state index in [2.05, 4.69) is 13.0 Å². The molecule has 0 radical (unpaired) electrons. The maximum atomic E-state index is 12.2. The Balaban J connectivity index is 1.53. The molecule has 1 saturated heterocycles. The van der Waals surface area contributed by atoms with Crippen LogP contribution in [0.1, 0.15) is 58.8 Å². The highest BCUT2D eigenvalue weighted by Gasteiger charge is 2.64. The minimum Gasteiger partial charge on any atom is -0.389 e. The van der Waals surface area contributed by atoms with Crippen LogP contribution in [0.25, 0.3) is 0 Å². The van der Waals surface area contributed by atoms with Gasteiger partial charge in [-0.1, -0.05) is 13.0 Å². The Morgan fingerprint density at radius 1 is 1.21 bits per heavy atom. The fourth-order valence-corrected chi connectivity index (χ4v) is 7.85. The number of fused-ring (bicyclic) bond motifs is 3. The number of ether oxygens (including phenoxy) is 1. The van der Waals surface area contributed by atoms with Gasteiger partial charge in [-0.05, 0) is 80.6 Å². The van der Waals surface area contributed by atoms with E-state index in [1.165, 1.54) is 24.8 Å². The minimum atomic E-state index is -0.267. The van der Waals surface area contributed by atoms with Crippen LogP contribution in [-0.4, -0.2) is 29.7 Å². The quantitative estimate of drug-likeness (QED) is 0.749. The molecule has 1 heterocycles. The minimum absolute atomic E-state index is 0.211. The van der Waals surface area contributed by atoms with E-state index in [4.69, 9.17) is 4.74 Å². The van der Waals surface area contributed by atoms with E-state index in [0.717, 1.165) is 32.3 Å². The summed E-state index contributed by atoms with van der Waals surface area (Å²) in [5.74, 6) is 2.81. The van der Waals surface area contributed by atoms with Gasteiger partial charge in [0.15, 0.2) is 0 Å². The van der Waals surface area contributed by atoms with Gasteiger partial charge in [-0.15, -0.1) is 0 Å². The molecule has 0 spiro atoms. The summed E-state index contributed by atoms with van der Waals surface area (Å²) in [6.07, 6.45) is 9.98. The molecule has 3 nitrogen and oxygen atoms in total. The van der Waals surface area contributed by atoms with Crippen molar-refractivity contribution in [3.63, 3.8) is 0 Å². The predicted molar refractivity (Wildman–Crippen MR) is 91.3 cm³/mol. The van der Waals surface area contributed by atoms with Crippen molar-refractivity contribution in [2.45, 2.75) is 71.0 Å². The lowest BCUT2D eigenvalue weighted by Crippen LogP contribution is -2.53. The highest BCUT2D eigenvalue weighted by Crippen LogP contribution is 2.68. The van der Waals surface area contributed by atoms with Crippen molar-refractivity contribution in [3.05, 3.63) is 11.6 Å². The molecule has 3 saturated carbocycles. The first kappa shape index (κ1) is 15.6. The second-order valence-corrected chi connectivity index (χ2v) is 9.58. The van der Waals surface area contributed by atoms with E-state index in [1.807, 2.05) is 0 Å². The molecule has 2 bridgehead atoms.